The lowest BCUT2D eigenvalue weighted by atomic mass is 9.95. The molecule has 10 aromatic carbocycles. The molecule has 0 aliphatic rings. The number of nitrogens with zero attached hydrogens (tertiary/aromatic N) is 3. The lowest BCUT2D eigenvalue weighted by Crippen LogP contribution is -1.99. The Labute approximate surface area is 390 Å². The first-order chi connectivity index (χ1) is 33.2. The molecule has 3 heteroatoms. The van der Waals surface area contributed by atoms with E-state index < -0.39 is 0 Å². The van der Waals surface area contributed by atoms with Crippen LogP contribution in [0.25, 0.3) is 117 Å². The number of hydrogen-bond acceptors (Lipinski definition) is 2. The smallest absolute Gasteiger partial charge is 0.161 e. The summed E-state index contributed by atoms with van der Waals surface area (Å²) in [5, 5.41) is 2.46. The Morgan fingerprint density at radius 3 is 1.21 bits per heavy atom. The molecule has 2 heterocycles. The summed E-state index contributed by atoms with van der Waals surface area (Å²) in [5.41, 5.74) is 19.7. The van der Waals surface area contributed by atoms with Gasteiger partial charge in [0.05, 0.1) is 22.4 Å². The average Bonchev–Trinajstić information content (AvgIpc) is 3.76. The van der Waals surface area contributed by atoms with E-state index in [1.165, 1.54) is 49.6 Å². The third-order valence-corrected chi connectivity index (χ3v) is 12.8. The molecule has 314 valence electrons. The number of benzene rings is 10. The molecule has 0 N–H and O–H groups in total. The van der Waals surface area contributed by atoms with Gasteiger partial charge in [0, 0.05) is 33.2 Å². The number of fused-ring (bicyclic) bond motifs is 3. The third kappa shape index (κ3) is 7.69. The molecule has 3 nitrogen and oxygen atoms in total. The van der Waals surface area contributed by atoms with Gasteiger partial charge in [-0.3, -0.25) is 0 Å². The summed E-state index contributed by atoms with van der Waals surface area (Å²) >= 11 is 0. The van der Waals surface area contributed by atoms with Crippen molar-refractivity contribution in [1.82, 2.24) is 14.5 Å². The minimum atomic E-state index is 0.671. The fraction of sp³-hybridized carbons (Fsp3) is 0. The molecule has 0 atom stereocenters. The van der Waals surface area contributed by atoms with Crippen LogP contribution in [-0.2, 0) is 0 Å². The summed E-state index contributed by atoms with van der Waals surface area (Å²) in [7, 11) is 0. The molecule has 12 aromatic rings. The van der Waals surface area contributed by atoms with E-state index in [-0.39, 0.29) is 0 Å². The maximum Gasteiger partial charge on any atom is 0.161 e. The van der Waals surface area contributed by atoms with Crippen LogP contribution in [0.5, 0.6) is 0 Å². The van der Waals surface area contributed by atoms with Crippen LogP contribution >= 0.6 is 0 Å². The van der Waals surface area contributed by atoms with Gasteiger partial charge in [0.1, 0.15) is 0 Å². The molecule has 0 saturated carbocycles. The zero-order valence-corrected chi connectivity index (χ0v) is 36.7. The minimum absolute atomic E-state index is 0.671. The van der Waals surface area contributed by atoms with Gasteiger partial charge in [-0.2, -0.15) is 0 Å². The summed E-state index contributed by atoms with van der Waals surface area (Å²) in [6.45, 7) is 0. The monoisotopic (exact) mass is 853 g/mol. The Morgan fingerprint density at radius 2 is 0.627 bits per heavy atom. The Morgan fingerprint density at radius 1 is 0.239 bits per heavy atom. The summed E-state index contributed by atoms with van der Waals surface area (Å²) in [6.07, 6.45) is 0. The largest absolute Gasteiger partial charge is 0.309 e. The number of aromatic nitrogens is 3. The van der Waals surface area contributed by atoms with E-state index in [0.717, 1.165) is 61.6 Å². The molecule has 0 fully saturated rings. The quantitative estimate of drug-likeness (QED) is 0.145. The highest BCUT2D eigenvalue weighted by Crippen LogP contribution is 2.38. The highest BCUT2D eigenvalue weighted by atomic mass is 15.0. The van der Waals surface area contributed by atoms with Crippen molar-refractivity contribution < 1.29 is 0 Å². The first-order valence-corrected chi connectivity index (χ1v) is 22.8. The van der Waals surface area contributed by atoms with Crippen LogP contribution in [0, 0.1) is 0 Å². The van der Waals surface area contributed by atoms with Gasteiger partial charge in [0.2, 0.25) is 0 Å². The Kier molecular flexibility index (Phi) is 10.2. The normalized spacial score (nSPS) is 11.3. The molecule has 0 bridgehead atoms. The first-order valence-electron chi connectivity index (χ1n) is 22.8. The zero-order valence-electron chi connectivity index (χ0n) is 36.7. The van der Waals surface area contributed by atoms with Crippen molar-refractivity contribution in [2.45, 2.75) is 0 Å². The summed E-state index contributed by atoms with van der Waals surface area (Å²) in [4.78, 5) is 10.8. The second-order valence-corrected chi connectivity index (χ2v) is 17.0. The molecule has 12 rings (SSSR count). The van der Waals surface area contributed by atoms with Crippen LogP contribution in [0.4, 0.5) is 0 Å². The fourth-order valence-corrected chi connectivity index (χ4v) is 9.52. The lowest BCUT2D eigenvalue weighted by Gasteiger charge is -2.15. The van der Waals surface area contributed by atoms with E-state index in [1.807, 2.05) is 0 Å². The molecule has 0 aliphatic heterocycles. The standard InChI is InChI=1S/C64H43N3/c1-3-17-44(18-4-1)48-21-13-24-51(39-48)52-25-14-22-49(40-52)46-35-37-47(38-36-46)60-43-61(54-27-16-28-55(42-54)67-62-33-11-9-30-57(62)58-31-10-12-34-63(58)67)66-64(65-60)59-32-8-7-29-56(59)53-26-15-23-50(41-53)45-19-5-2-6-20-45/h1-43H. The molecule has 0 spiro atoms. The van der Waals surface area contributed by atoms with Gasteiger partial charge < -0.3 is 4.57 Å². The van der Waals surface area contributed by atoms with Crippen molar-refractivity contribution in [3.05, 3.63) is 261 Å². The van der Waals surface area contributed by atoms with Gasteiger partial charge >= 0.3 is 0 Å². The van der Waals surface area contributed by atoms with Crippen LogP contribution < -0.4 is 0 Å². The fourth-order valence-electron chi connectivity index (χ4n) is 9.52. The molecule has 0 aliphatic carbocycles. The topological polar surface area (TPSA) is 30.7 Å². The summed E-state index contributed by atoms with van der Waals surface area (Å²) < 4.78 is 2.36. The second kappa shape index (κ2) is 17.2. The van der Waals surface area contributed by atoms with E-state index in [0.29, 0.717) is 5.82 Å². The highest BCUT2D eigenvalue weighted by Gasteiger charge is 2.17. The van der Waals surface area contributed by atoms with Crippen molar-refractivity contribution in [3.8, 4) is 95.2 Å². The van der Waals surface area contributed by atoms with Crippen molar-refractivity contribution in [2.24, 2.45) is 0 Å². The van der Waals surface area contributed by atoms with Crippen LogP contribution in [0.1, 0.15) is 0 Å². The molecule has 0 radical (unpaired) electrons. The predicted molar refractivity (Wildman–Crippen MR) is 280 cm³/mol. The summed E-state index contributed by atoms with van der Waals surface area (Å²) in [5.74, 6) is 0.671. The van der Waals surface area contributed by atoms with Crippen molar-refractivity contribution in [2.75, 3.05) is 0 Å². The molecular weight excluding hydrogens is 811 g/mol. The van der Waals surface area contributed by atoms with Gasteiger partial charge in [-0.1, -0.05) is 212 Å². The van der Waals surface area contributed by atoms with Gasteiger partial charge in [-0.05, 0) is 104 Å². The zero-order chi connectivity index (χ0) is 44.5. The Bertz CT molecular complexity index is 3680. The van der Waals surface area contributed by atoms with Crippen LogP contribution in [0.15, 0.2) is 261 Å². The van der Waals surface area contributed by atoms with Crippen LogP contribution in [-0.4, -0.2) is 14.5 Å². The predicted octanol–water partition coefficient (Wildman–Crippen LogP) is 16.9. The van der Waals surface area contributed by atoms with Crippen molar-refractivity contribution in [1.29, 1.82) is 0 Å². The highest BCUT2D eigenvalue weighted by molar-refractivity contribution is 6.09. The SMILES string of the molecule is c1ccc(-c2cccc(-c3cccc(-c4ccc(-c5cc(-c6cccc(-n7c8ccccc8c8ccccc87)c6)nc(-c6ccccc6-c6cccc(-c7ccccc7)c6)n5)cc4)c3)c2)cc1. The lowest BCUT2D eigenvalue weighted by molar-refractivity contribution is 1.16. The molecule has 0 unspecified atom stereocenters. The molecular formula is C64H43N3. The Balaban J connectivity index is 0.964. The number of para-hydroxylation sites is 2. The van der Waals surface area contributed by atoms with Crippen molar-refractivity contribution >= 4 is 21.8 Å². The van der Waals surface area contributed by atoms with E-state index in [1.54, 1.807) is 0 Å². The minimum Gasteiger partial charge on any atom is -0.309 e. The van der Waals surface area contributed by atoms with E-state index in [2.05, 4.69) is 265 Å². The van der Waals surface area contributed by atoms with Gasteiger partial charge in [-0.25, -0.2) is 9.97 Å². The molecule has 0 saturated heterocycles. The van der Waals surface area contributed by atoms with Crippen molar-refractivity contribution in [3.63, 3.8) is 0 Å². The van der Waals surface area contributed by atoms with Gasteiger partial charge in [0.15, 0.2) is 5.82 Å². The van der Waals surface area contributed by atoms with Gasteiger partial charge in [-0.15, -0.1) is 0 Å². The number of hydrogen-bond donors (Lipinski definition) is 0. The first kappa shape index (κ1) is 39.7. The molecule has 2 aromatic heterocycles. The number of rotatable bonds is 9. The van der Waals surface area contributed by atoms with Crippen LogP contribution in [0.3, 0.4) is 0 Å². The third-order valence-electron chi connectivity index (χ3n) is 12.8. The van der Waals surface area contributed by atoms with E-state index in [9.17, 15) is 0 Å². The van der Waals surface area contributed by atoms with E-state index >= 15 is 0 Å². The second-order valence-electron chi connectivity index (χ2n) is 17.0. The molecule has 67 heavy (non-hydrogen) atoms. The summed E-state index contributed by atoms with van der Waals surface area (Å²) in [6, 6.07) is 92.9. The van der Waals surface area contributed by atoms with E-state index in [4.69, 9.17) is 9.97 Å². The Hall–Kier alpha value is -8.92. The average molecular weight is 854 g/mol. The molecule has 0 amide bonds. The van der Waals surface area contributed by atoms with Gasteiger partial charge in [0.25, 0.3) is 0 Å². The van der Waals surface area contributed by atoms with Crippen LogP contribution in [0.2, 0.25) is 0 Å². The maximum absolute atomic E-state index is 5.42. The maximum atomic E-state index is 5.42.